The molecule has 0 saturated carbocycles. The molecule has 6 heteroatoms. The molecule has 0 radical (unpaired) electrons. The fourth-order valence-corrected chi connectivity index (χ4v) is 3.62. The monoisotopic (exact) mass is 402 g/mol. The maximum atomic E-state index is 13.7. The van der Waals surface area contributed by atoms with Crippen LogP contribution < -0.4 is 10.5 Å². The van der Waals surface area contributed by atoms with Crippen molar-refractivity contribution in [3.05, 3.63) is 60.0 Å². The van der Waals surface area contributed by atoms with Crippen LogP contribution in [0.3, 0.4) is 0 Å². The van der Waals surface area contributed by atoms with Crippen molar-refractivity contribution in [2.45, 2.75) is 39.2 Å². The number of nitrogens with zero attached hydrogens (tertiary/aromatic N) is 1. The lowest BCUT2D eigenvalue weighted by Gasteiger charge is -2.27. The van der Waals surface area contributed by atoms with E-state index in [-0.39, 0.29) is 17.9 Å². The predicted octanol–water partition coefficient (Wildman–Crippen LogP) is 6.12. The molecule has 2 aromatic carbocycles. The number of benzene rings is 2. The van der Waals surface area contributed by atoms with Crippen LogP contribution in [0.1, 0.15) is 39.2 Å². The third kappa shape index (κ3) is 5.07. The third-order valence-electron chi connectivity index (χ3n) is 4.69. The minimum absolute atomic E-state index is 0.105. The number of nitrogens with two attached hydrogens (primary N) is 1. The smallest absolute Gasteiger partial charge is 0.267 e. The van der Waals surface area contributed by atoms with Gasteiger partial charge in [-0.3, -0.25) is 4.98 Å². The van der Waals surface area contributed by atoms with Crippen LogP contribution in [-0.4, -0.2) is 17.1 Å². The SMILES string of the molecule is CC(C)CC(C)(N)COc1ccc(-c2ccnc3ccc(F)cc23)cc1C(F)F. The predicted molar refractivity (Wildman–Crippen MR) is 110 cm³/mol. The average molecular weight is 402 g/mol. The first-order valence-electron chi connectivity index (χ1n) is 9.55. The Bertz CT molecular complexity index is 1000. The van der Waals surface area contributed by atoms with E-state index in [1.807, 2.05) is 20.8 Å². The van der Waals surface area contributed by atoms with Gasteiger partial charge in [-0.2, -0.15) is 0 Å². The van der Waals surface area contributed by atoms with Crippen molar-refractivity contribution >= 4 is 10.9 Å². The van der Waals surface area contributed by atoms with E-state index in [9.17, 15) is 13.2 Å². The van der Waals surface area contributed by atoms with Crippen molar-refractivity contribution in [1.29, 1.82) is 0 Å². The summed E-state index contributed by atoms with van der Waals surface area (Å²) in [4.78, 5) is 4.21. The van der Waals surface area contributed by atoms with Gasteiger partial charge in [-0.15, -0.1) is 0 Å². The van der Waals surface area contributed by atoms with E-state index in [1.165, 1.54) is 24.3 Å². The average Bonchev–Trinajstić information content (AvgIpc) is 2.64. The summed E-state index contributed by atoms with van der Waals surface area (Å²) in [5.74, 6) is 0.0628. The zero-order chi connectivity index (χ0) is 21.2. The minimum atomic E-state index is -2.72. The first-order chi connectivity index (χ1) is 13.7. The van der Waals surface area contributed by atoms with E-state index in [1.54, 1.807) is 24.4 Å². The molecule has 1 aromatic heterocycles. The molecule has 0 spiro atoms. The molecule has 0 amide bonds. The number of pyridine rings is 1. The number of rotatable bonds is 7. The Balaban J connectivity index is 1.96. The molecule has 1 atom stereocenters. The van der Waals surface area contributed by atoms with Gasteiger partial charge in [-0.1, -0.05) is 19.9 Å². The number of ether oxygens (including phenoxy) is 1. The van der Waals surface area contributed by atoms with Crippen LogP contribution in [0.2, 0.25) is 0 Å². The van der Waals surface area contributed by atoms with Gasteiger partial charge in [0.25, 0.3) is 6.43 Å². The van der Waals surface area contributed by atoms with Crippen LogP contribution in [0.5, 0.6) is 5.75 Å². The Morgan fingerprint density at radius 2 is 1.86 bits per heavy atom. The number of fused-ring (bicyclic) bond motifs is 1. The molecule has 3 rings (SSSR count). The summed E-state index contributed by atoms with van der Waals surface area (Å²) >= 11 is 0. The van der Waals surface area contributed by atoms with Crippen molar-refractivity contribution in [1.82, 2.24) is 4.98 Å². The summed E-state index contributed by atoms with van der Waals surface area (Å²) in [6.45, 7) is 6.08. The summed E-state index contributed by atoms with van der Waals surface area (Å²) in [5, 5.41) is 0.563. The molecule has 3 aromatic rings. The summed E-state index contributed by atoms with van der Waals surface area (Å²) in [6.07, 6.45) is -0.429. The van der Waals surface area contributed by atoms with Gasteiger partial charge in [0.2, 0.25) is 0 Å². The van der Waals surface area contributed by atoms with Crippen molar-refractivity contribution in [3.63, 3.8) is 0 Å². The standard InChI is InChI=1S/C23H25F3N2O/c1-14(2)12-23(3,27)13-29-21-7-4-15(10-19(21)22(25)26)17-8-9-28-20-6-5-16(24)11-18(17)20/h4-11,14,22H,12-13,27H2,1-3H3. The van der Waals surface area contributed by atoms with Crippen LogP contribution in [0, 0.1) is 11.7 Å². The van der Waals surface area contributed by atoms with Gasteiger partial charge in [-0.05, 0) is 66.8 Å². The van der Waals surface area contributed by atoms with Crippen LogP contribution in [-0.2, 0) is 0 Å². The Morgan fingerprint density at radius 3 is 2.55 bits per heavy atom. The molecule has 0 fully saturated rings. The topological polar surface area (TPSA) is 48.1 Å². The highest BCUT2D eigenvalue weighted by Crippen LogP contribution is 2.36. The molecule has 0 saturated heterocycles. The second kappa shape index (κ2) is 8.41. The van der Waals surface area contributed by atoms with Crippen LogP contribution in [0.15, 0.2) is 48.7 Å². The molecule has 2 N–H and O–H groups in total. The second-order valence-corrected chi connectivity index (χ2v) is 8.11. The highest BCUT2D eigenvalue weighted by Gasteiger charge is 2.23. The minimum Gasteiger partial charge on any atom is -0.491 e. The van der Waals surface area contributed by atoms with E-state index in [0.29, 0.717) is 34.4 Å². The van der Waals surface area contributed by atoms with Crippen molar-refractivity contribution < 1.29 is 17.9 Å². The maximum Gasteiger partial charge on any atom is 0.267 e. The fraction of sp³-hybridized carbons (Fsp3) is 0.348. The van der Waals surface area contributed by atoms with Crippen LogP contribution >= 0.6 is 0 Å². The van der Waals surface area contributed by atoms with E-state index < -0.39 is 17.8 Å². The van der Waals surface area contributed by atoms with Crippen molar-refractivity contribution in [3.8, 4) is 16.9 Å². The van der Waals surface area contributed by atoms with Crippen molar-refractivity contribution in [2.24, 2.45) is 11.7 Å². The third-order valence-corrected chi connectivity index (χ3v) is 4.69. The quantitative estimate of drug-likeness (QED) is 0.518. The van der Waals surface area contributed by atoms with Crippen LogP contribution in [0.25, 0.3) is 22.0 Å². The normalized spacial score (nSPS) is 13.8. The number of hydrogen-bond donors (Lipinski definition) is 1. The molecule has 0 aliphatic heterocycles. The van der Waals surface area contributed by atoms with E-state index in [0.717, 1.165) is 0 Å². The lowest BCUT2D eigenvalue weighted by molar-refractivity contribution is 0.140. The van der Waals surface area contributed by atoms with E-state index >= 15 is 0 Å². The van der Waals surface area contributed by atoms with Gasteiger partial charge in [0.15, 0.2) is 0 Å². The van der Waals surface area contributed by atoms with E-state index in [2.05, 4.69) is 4.98 Å². The lowest BCUT2D eigenvalue weighted by atomic mass is 9.93. The lowest BCUT2D eigenvalue weighted by Crippen LogP contribution is -2.43. The van der Waals surface area contributed by atoms with Crippen molar-refractivity contribution in [2.75, 3.05) is 6.61 Å². The summed E-state index contributed by atoms with van der Waals surface area (Å²) in [5.41, 5.74) is 7.16. The molecule has 154 valence electrons. The second-order valence-electron chi connectivity index (χ2n) is 8.11. The van der Waals surface area contributed by atoms with Crippen LogP contribution in [0.4, 0.5) is 13.2 Å². The zero-order valence-electron chi connectivity index (χ0n) is 16.8. The molecule has 0 bridgehead atoms. The first-order valence-corrected chi connectivity index (χ1v) is 9.55. The Morgan fingerprint density at radius 1 is 1.10 bits per heavy atom. The number of halogens is 3. The number of alkyl halides is 2. The molecule has 1 unspecified atom stereocenters. The summed E-state index contributed by atoms with van der Waals surface area (Å²) in [6, 6.07) is 10.5. The molecule has 29 heavy (non-hydrogen) atoms. The fourth-order valence-electron chi connectivity index (χ4n) is 3.62. The molecule has 0 aliphatic carbocycles. The molecular formula is C23H25F3N2O. The highest BCUT2D eigenvalue weighted by molar-refractivity contribution is 5.94. The van der Waals surface area contributed by atoms with Gasteiger partial charge in [-0.25, -0.2) is 13.2 Å². The molecule has 1 heterocycles. The highest BCUT2D eigenvalue weighted by atomic mass is 19.3. The van der Waals surface area contributed by atoms with Gasteiger partial charge >= 0.3 is 0 Å². The number of aromatic nitrogens is 1. The Hall–Kier alpha value is -2.60. The van der Waals surface area contributed by atoms with Gasteiger partial charge in [0.1, 0.15) is 18.2 Å². The molecule has 0 aliphatic rings. The number of hydrogen-bond acceptors (Lipinski definition) is 3. The first kappa shape index (κ1) is 21.1. The van der Waals surface area contributed by atoms with Gasteiger partial charge in [0, 0.05) is 17.1 Å². The Kier molecular flexibility index (Phi) is 6.13. The molecule has 3 nitrogen and oxygen atoms in total. The van der Waals surface area contributed by atoms with E-state index in [4.69, 9.17) is 10.5 Å². The van der Waals surface area contributed by atoms with Gasteiger partial charge in [0.05, 0.1) is 11.1 Å². The summed E-state index contributed by atoms with van der Waals surface area (Å²) in [7, 11) is 0. The summed E-state index contributed by atoms with van der Waals surface area (Å²) < 4.78 is 46.9. The molecular weight excluding hydrogens is 377 g/mol. The van der Waals surface area contributed by atoms with Gasteiger partial charge < -0.3 is 10.5 Å². The largest absolute Gasteiger partial charge is 0.491 e. The maximum absolute atomic E-state index is 13.7. The zero-order valence-corrected chi connectivity index (χ0v) is 16.8. The Labute approximate surface area is 168 Å².